The number of carbonyl (C=O) groups excluding carboxylic acids is 1. The first-order valence-corrected chi connectivity index (χ1v) is 6.01. The maximum atomic E-state index is 11.3. The van der Waals surface area contributed by atoms with Crippen LogP contribution in [0.5, 0.6) is 0 Å². The molecular weight excluding hydrogens is 240 g/mol. The molecule has 1 heterocycles. The number of likely N-dealkylation sites (N-methyl/N-ethyl adjacent to an activating group) is 1. The molecular formula is C11H16N2O3S. The van der Waals surface area contributed by atoms with Gasteiger partial charge in [0, 0.05) is 16.3 Å². The molecule has 0 aliphatic carbocycles. The highest BCUT2D eigenvalue weighted by molar-refractivity contribution is 7.11. The minimum Gasteiger partial charge on any atom is -0.480 e. The van der Waals surface area contributed by atoms with Crippen LogP contribution in [0, 0.1) is 6.92 Å². The Bertz CT molecular complexity index is 403. The maximum absolute atomic E-state index is 11.3. The third-order valence-corrected chi connectivity index (χ3v) is 3.06. The molecule has 1 aromatic heterocycles. The summed E-state index contributed by atoms with van der Waals surface area (Å²) in [6.45, 7) is 2.60. The van der Waals surface area contributed by atoms with E-state index in [0.29, 0.717) is 6.54 Å². The van der Waals surface area contributed by atoms with Crippen LogP contribution in [0.2, 0.25) is 0 Å². The Kier molecular flexibility index (Phi) is 5.11. The van der Waals surface area contributed by atoms with Crippen LogP contribution in [0.3, 0.4) is 0 Å². The van der Waals surface area contributed by atoms with Crippen molar-refractivity contribution in [1.29, 1.82) is 0 Å². The first-order valence-electron chi connectivity index (χ1n) is 5.19. The van der Waals surface area contributed by atoms with Crippen molar-refractivity contribution in [3.05, 3.63) is 21.9 Å². The second-order valence-corrected chi connectivity index (χ2v) is 5.23. The fraction of sp³-hybridized carbons (Fsp3) is 0.455. The van der Waals surface area contributed by atoms with Gasteiger partial charge in [-0.25, -0.2) is 0 Å². The Morgan fingerprint density at radius 3 is 2.71 bits per heavy atom. The van der Waals surface area contributed by atoms with E-state index in [1.165, 1.54) is 9.75 Å². The smallest absolute Gasteiger partial charge is 0.322 e. The predicted octanol–water partition coefficient (Wildman–Crippen LogP) is 0.689. The van der Waals surface area contributed by atoms with Crippen molar-refractivity contribution in [2.24, 2.45) is 0 Å². The lowest BCUT2D eigenvalue weighted by Crippen LogP contribution is -2.37. The van der Waals surface area contributed by atoms with Crippen molar-refractivity contribution >= 4 is 23.2 Å². The highest BCUT2D eigenvalue weighted by atomic mass is 32.1. The molecule has 2 N–H and O–H groups in total. The molecule has 0 aromatic carbocycles. The Hall–Kier alpha value is -1.40. The highest BCUT2D eigenvalue weighted by Crippen LogP contribution is 2.16. The number of carboxylic acid groups (broad SMARTS) is 1. The lowest BCUT2D eigenvalue weighted by atomic mass is 10.4. The van der Waals surface area contributed by atoms with Crippen LogP contribution >= 0.6 is 11.3 Å². The zero-order valence-electron chi connectivity index (χ0n) is 9.90. The Morgan fingerprint density at radius 1 is 1.47 bits per heavy atom. The van der Waals surface area contributed by atoms with E-state index in [4.69, 9.17) is 5.11 Å². The predicted molar refractivity (Wildman–Crippen MR) is 66.0 cm³/mol. The summed E-state index contributed by atoms with van der Waals surface area (Å²) < 4.78 is 0. The van der Waals surface area contributed by atoms with E-state index in [0.717, 1.165) is 0 Å². The van der Waals surface area contributed by atoms with Gasteiger partial charge in [0.05, 0.1) is 6.54 Å². The fourth-order valence-corrected chi connectivity index (χ4v) is 2.34. The van der Waals surface area contributed by atoms with Gasteiger partial charge in [0.1, 0.15) is 6.54 Å². The van der Waals surface area contributed by atoms with Crippen LogP contribution in [0.4, 0.5) is 0 Å². The van der Waals surface area contributed by atoms with Crippen LogP contribution in [-0.4, -0.2) is 42.0 Å². The minimum absolute atomic E-state index is 0.199. The molecule has 0 saturated carbocycles. The van der Waals surface area contributed by atoms with Crippen LogP contribution < -0.4 is 5.32 Å². The SMILES string of the molecule is Cc1ccc(CN(C)CC(=O)NCC(=O)O)s1. The van der Waals surface area contributed by atoms with Crippen molar-refractivity contribution < 1.29 is 14.7 Å². The second-order valence-electron chi connectivity index (χ2n) is 3.86. The molecule has 0 atom stereocenters. The standard InChI is InChI=1S/C11H16N2O3S/c1-8-3-4-9(17-8)6-13(2)7-10(14)12-5-11(15)16/h3-4H,5-7H2,1-2H3,(H,12,14)(H,15,16). The van der Waals surface area contributed by atoms with E-state index in [1.807, 2.05) is 31.0 Å². The normalized spacial score (nSPS) is 10.5. The van der Waals surface area contributed by atoms with Crippen molar-refractivity contribution in [2.75, 3.05) is 20.1 Å². The zero-order valence-corrected chi connectivity index (χ0v) is 10.7. The van der Waals surface area contributed by atoms with Crippen LogP contribution in [0.1, 0.15) is 9.75 Å². The molecule has 94 valence electrons. The Balaban J connectivity index is 2.31. The minimum atomic E-state index is -1.03. The van der Waals surface area contributed by atoms with Crippen molar-refractivity contribution in [1.82, 2.24) is 10.2 Å². The average Bonchev–Trinajstić information content (AvgIpc) is 2.60. The lowest BCUT2D eigenvalue weighted by molar-refractivity contribution is -0.138. The number of nitrogens with one attached hydrogen (secondary N) is 1. The molecule has 0 radical (unpaired) electrons. The van der Waals surface area contributed by atoms with Crippen LogP contribution in [-0.2, 0) is 16.1 Å². The molecule has 0 saturated heterocycles. The third kappa shape index (κ3) is 5.46. The molecule has 0 fully saturated rings. The third-order valence-electron chi connectivity index (χ3n) is 2.07. The number of nitrogens with zero attached hydrogens (tertiary/aromatic N) is 1. The number of aryl methyl sites for hydroxylation is 1. The summed E-state index contributed by atoms with van der Waals surface area (Å²) >= 11 is 1.69. The first kappa shape index (κ1) is 13.7. The summed E-state index contributed by atoms with van der Waals surface area (Å²) in [6.07, 6.45) is 0. The number of thiophene rings is 1. The summed E-state index contributed by atoms with van der Waals surface area (Å²) in [6, 6.07) is 4.07. The number of rotatable bonds is 6. The molecule has 1 aromatic rings. The number of amides is 1. The molecule has 1 amide bonds. The molecule has 0 aliphatic rings. The van der Waals surface area contributed by atoms with Gasteiger partial charge in [-0.1, -0.05) is 0 Å². The molecule has 0 bridgehead atoms. The Morgan fingerprint density at radius 2 is 2.18 bits per heavy atom. The lowest BCUT2D eigenvalue weighted by Gasteiger charge is -2.14. The number of carboxylic acids is 1. The second kappa shape index (κ2) is 6.36. The largest absolute Gasteiger partial charge is 0.480 e. The quantitative estimate of drug-likeness (QED) is 0.785. The molecule has 0 spiro atoms. The van der Waals surface area contributed by atoms with E-state index in [1.54, 1.807) is 11.3 Å². The monoisotopic (exact) mass is 256 g/mol. The fourth-order valence-electron chi connectivity index (χ4n) is 1.37. The van der Waals surface area contributed by atoms with Gasteiger partial charge in [0.15, 0.2) is 0 Å². The van der Waals surface area contributed by atoms with Crippen molar-refractivity contribution in [3.63, 3.8) is 0 Å². The highest BCUT2D eigenvalue weighted by Gasteiger charge is 2.08. The van der Waals surface area contributed by atoms with E-state index >= 15 is 0 Å². The molecule has 6 heteroatoms. The van der Waals surface area contributed by atoms with Gasteiger partial charge in [0.2, 0.25) is 5.91 Å². The first-order chi connectivity index (χ1) is 7.97. The van der Waals surface area contributed by atoms with Gasteiger partial charge in [-0.2, -0.15) is 0 Å². The summed E-state index contributed by atoms with van der Waals surface area (Å²) in [5, 5.41) is 10.7. The number of hydrogen-bond acceptors (Lipinski definition) is 4. The average molecular weight is 256 g/mol. The number of carbonyl (C=O) groups is 2. The molecule has 17 heavy (non-hydrogen) atoms. The maximum Gasteiger partial charge on any atom is 0.322 e. The van der Waals surface area contributed by atoms with Gasteiger partial charge in [0.25, 0.3) is 0 Å². The van der Waals surface area contributed by atoms with E-state index in [9.17, 15) is 9.59 Å². The van der Waals surface area contributed by atoms with Crippen molar-refractivity contribution in [2.45, 2.75) is 13.5 Å². The summed E-state index contributed by atoms with van der Waals surface area (Å²) in [5.74, 6) is -1.31. The van der Waals surface area contributed by atoms with Gasteiger partial charge >= 0.3 is 5.97 Å². The van der Waals surface area contributed by atoms with Gasteiger partial charge < -0.3 is 10.4 Å². The summed E-state index contributed by atoms with van der Waals surface area (Å²) in [4.78, 5) is 25.9. The van der Waals surface area contributed by atoms with E-state index in [2.05, 4.69) is 5.32 Å². The Labute approximate surface area is 104 Å². The van der Waals surface area contributed by atoms with E-state index in [-0.39, 0.29) is 19.0 Å². The number of hydrogen-bond donors (Lipinski definition) is 2. The van der Waals surface area contributed by atoms with Gasteiger partial charge in [-0.05, 0) is 26.1 Å². The molecule has 0 unspecified atom stereocenters. The van der Waals surface area contributed by atoms with Crippen LogP contribution in [0.15, 0.2) is 12.1 Å². The van der Waals surface area contributed by atoms with Gasteiger partial charge in [-0.3, -0.25) is 14.5 Å². The topological polar surface area (TPSA) is 69.6 Å². The van der Waals surface area contributed by atoms with Crippen LogP contribution in [0.25, 0.3) is 0 Å². The van der Waals surface area contributed by atoms with Gasteiger partial charge in [-0.15, -0.1) is 11.3 Å². The van der Waals surface area contributed by atoms with E-state index < -0.39 is 5.97 Å². The molecule has 1 rings (SSSR count). The molecule has 5 nitrogen and oxygen atoms in total. The summed E-state index contributed by atoms with van der Waals surface area (Å²) in [5.41, 5.74) is 0. The zero-order chi connectivity index (χ0) is 12.8. The molecule has 0 aliphatic heterocycles. The number of aliphatic carboxylic acids is 1. The van der Waals surface area contributed by atoms with Crippen molar-refractivity contribution in [3.8, 4) is 0 Å². The summed E-state index contributed by atoms with van der Waals surface area (Å²) in [7, 11) is 1.83.